The summed E-state index contributed by atoms with van der Waals surface area (Å²) in [6, 6.07) is 0. The van der Waals surface area contributed by atoms with E-state index < -0.39 is 0 Å². The molecule has 0 amide bonds. The van der Waals surface area contributed by atoms with Gasteiger partial charge < -0.3 is 9.84 Å². The van der Waals surface area contributed by atoms with Gasteiger partial charge in [-0.15, -0.1) is 0 Å². The van der Waals surface area contributed by atoms with E-state index in [2.05, 4.69) is 23.7 Å². The summed E-state index contributed by atoms with van der Waals surface area (Å²) in [6.07, 6.45) is 12.0. The van der Waals surface area contributed by atoms with Gasteiger partial charge >= 0.3 is 5.97 Å². The van der Waals surface area contributed by atoms with Crippen LogP contribution >= 0.6 is 0 Å². The third-order valence-electron chi connectivity index (χ3n) is 2.21. The molecule has 0 aliphatic carbocycles. The first-order valence-corrected chi connectivity index (χ1v) is 7.06. The molecule has 3 heteroatoms. The standard InChI is InChI=1S/C19H22O3/c1-4-18(22-19(21)16-17(2)3)14-12-10-8-6-5-7-9-11-13-15-20/h8,10-14,16,18,20H,4,15H2,1-3H3/t18-/m0/s1. The van der Waals surface area contributed by atoms with Crippen LogP contribution in [0, 0.1) is 23.7 Å². The fraction of sp³-hybridized carbons (Fsp3) is 0.316. The molecular formula is C19H22O3. The second kappa shape index (κ2) is 13.5. The lowest BCUT2D eigenvalue weighted by molar-refractivity contribution is -0.141. The number of hydrogen-bond donors (Lipinski definition) is 1. The predicted molar refractivity (Wildman–Crippen MR) is 89.7 cm³/mol. The first kappa shape index (κ1) is 19.5. The minimum absolute atomic E-state index is 0.0242. The minimum Gasteiger partial charge on any atom is -0.455 e. The van der Waals surface area contributed by atoms with Gasteiger partial charge in [0.2, 0.25) is 0 Å². The Labute approximate surface area is 133 Å². The van der Waals surface area contributed by atoms with E-state index in [4.69, 9.17) is 9.84 Å². The number of aliphatic hydroxyl groups is 1. The van der Waals surface area contributed by atoms with Crippen molar-refractivity contribution in [3.8, 4) is 23.7 Å². The molecule has 0 radical (unpaired) electrons. The van der Waals surface area contributed by atoms with Crippen LogP contribution < -0.4 is 0 Å². The maximum absolute atomic E-state index is 11.5. The highest BCUT2D eigenvalue weighted by Crippen LogP contribution is 2.02. The van der Waals surface area contributed by atoms with Gasteiger partial charge in [-0.05, 0) is 50.3 Å². The highest BCUT2D eigenvalue weighted by molar-refractivity contribution is 5.82. The molecule has 0 fully saturated rings. The van der Waals surface area contributed by atoms with Crippen molar-refractivity contribution in [3.05, 3.63) is 48.1 Å². The zero-order valence-electron chi connectivity index (χ0n) is 13.3. The van der Waals surface area contributed by atoms with Crippen molar-refractivity contribution in [2.24, 2.45) is 0 Å². The van der Waals surface area contributed by atoms with E-state index in [1.165, 1.54) is 12.2 Å². The zero-order valence-corrected chi connectivity index (χ0v) is 13.3. The van der Waals surface area contributed by atoms with Crippen LogP contribution in [-0.2, 0) is 9.53 Å². The summed E-state index contributed by atoms with van der Waals surface area (Å²) in [5.41, 5.74) is 0.911. The van der Waals surface area contributed by atoms with Crippen molar-refractivity contribution in [3.63, 3.8) is 0 Å². The highest BCUT2D eigenvalue weighted by Gasteiger charge is 2.06. The summed E-state index contributed by atoms with van der Waals surface area (Å²) in [7, 11) is 0. The van der Waals surface area contributed by atoms with E-state index in [0.29, 0.717) is 6.42 Å². The Bertz CT molecular complexity index is 565. The van der Waals surface area contributed by atoms with E-state index in [9.17, 15) is 4.79 Å². The largest absolute Gasteiger partial charge is 0.455 e. The normalized spacial score (nSPS) is 11.6. The van der Waals surface area contributed by atoms with Crippen molar-refractivity contribution in [2.75, 3.05) is 6.61 Å². The number of ether oxygens (including phenoxy) is 1. The Balaban J connectivity index is 4.32. The number of rotatable bonds is 6. The summed E-state index contributed by atoms with van der Waals surface area (Å²) in [4.78, 5) is 11.5. The zero-order chi connectivity index (χ0) is 16.6. The van der Waals surface area contributed by atoms with E-state index in [0.717, 1.165) is 5.57 Å². The molecule has 3 nitrogen and oxygen atoms in total. The molecule has 116 valence electrons. The van der Waals surface area contributed by atoms with Crippen LogP contribution in [0.15, 0.2) is 48.1 Å². The molecule has 0 aliphatic heterocycles. The van der Waals surface area contributed by atoms with Crippen LogP contribution in [0.2, 0.25) is 0 Å². The molecule has 0 unspecified atom stereocenters. The van der Waals surface area contributed by atoms with E-state index >= 15 is 0 Å². The molecule has 0 aromatic heterocycles. The Kier molecular flexibility index (Phi) is 12.0. The quantitative estimate of drug-likeness (QED) is 0.355. The Hall–Kier alpha value is -2.49. The van der Waals surface area contributed by atoms with E-state index in [1.54, 1.807) is 24.3 Å². The number of carbonyl (C=O) groups is 1. The molecular weight excluding hydrogens is 276 g/mol. The number of allylic oxidation sites excluding steroid dienone is 5. The van der Waals surface area contributed by atoms with Crippen molar-refractivity contribution < 1.29 is 14.6 Å². The number of carbonyl (C=O) groups excluding carboxylic acids is 1. The lowest BCUT2D eigenvalue weighted by Gasteiger charge is -2.10. The van der Waals surface area contributed by atoms with Crippen LogP contribution in [0.3, 0.4) is 0 Å². The smallest absolute Gasteiger partial charge is 0.331 e. The van der Waals surface area contributed by atoms with Gasteiger partial charge in [-0.3, -0.25) is 0 Å². The second-order valence-corrected chi connectivity index (χ2v) is 4.47. The lowest BCUT2D eigenvalue weighted by Crippen LogP contribution is -2.13. The maximum atomic E-state index is 11.5. The van der Waals surface area contributed by atoms with Gasteiger partial charge in [-0.2, -0.15) is 0 Å². The number of aliphatic hydroxyl groups excluding tert-OH is 1. The number of hydrogen-bond acceptors (Lipinski definition) is 3. The molecule has 0 aromatic carbocycles. The molecule has 0 aliphatic rings. The van der Waals surface area contributed by atoms with Crippen molar-refractivity contribution in [1.29, 1.82) is 0 Å². The van der Waals surface area contributed by atoms with Gasteiger partial charge in [-0.25, -0.2) is 4.79 Å². The predicted octanol–water partition coefficient (Wildman–Crippen LogP) is 2.94. The fourth-order valence-electron chi connectivity index (χ4n) is 1.24. The van der Waals surface area contributed by atoms with Crippen molar-refractivity contribution >= 4 is 5.97 Å². The molecule has 0 rings (SSSR count). The Morgan fingerprint density at radius 3 is 2.45 bits per heavy atom. The molecule has 1 N–H and O–H groups in total. The lowest BCUT2D eigenvalue weighted by atomic mass is 10.2. The SMILES string of the molecule is CC[C@@H](C=CC=CC#CC#CC=CCO)OC(=O)C=C(C)C. The van der Waals surface area contributed by atoms with Crippen LogP contribution in [0.25, 0.3) is 0 Å². The van der Waals surface area contributed by atoms with Gasteiger partial charge in [0, 0.05) is 6.08 Å². The monoisotopic (exact) mass is 298 g/mol. The summed E-state index contributed by atoms with van der Waals surface area (Å²) in [6.45, 7) is 5.62. The van der Waals surface area contributed by atoms with E-state index in [1.807, 2.05) is 26.8 Å². The van der Waals surface area contributed by atoms with Gasteiger partial charge in [0.05, 0.1) is 6.61 Å². The first-order valence-electron chi connectivity index (χ1n) is 7.06. The van der Waals surface area contributed by atoms with Gasteiger partial charge in [0.1, 0.15) is 6.10 Å². The van der Waals surface area contributed by atoms with Crippen LogP contribution in [0.5, 0.6) is 0 Å². The highest BCUT2D eigenvalue weighted by atomic mass is 16.5. The minimum atomic E-state index is -0.327. The van der Waals surface area contributed by atoms with Gasteiger partial charge in [-0.1, -0.05) is 42.6 Å². The van der Waals surface area contributed by atoms with Crippen LogP contribution in [0.4, 0.5) is 0 Å². The van der Waals surface area contributed by atoms with Gasteiger partial charge in [0.15, 0.2) is 0 Å². The maximum Gasteiger partial charge on any atom is 0.331 e. The molecule has 0 saturated carbocycles. The van der Waals surface area contributed by atoms with Crippen LogP contribution in [-0.4, -0.2) is 23.8 Å². The van der Waals surface area contributed by atoms with Crippen molar-refractivity contribution in [1.82, 2.24) is 0 Å². The summed E-state index contributed by atoms with van der Waals surface area (Å²) in [5.74, 6) is 10.3. The molecule has 0 bridgehead atoms. The third kappa shape index (κ3) is 12.5. The second-order valence-electron chi connectivity index (χ2n) is 4.47. The first-order chi connectivity index (χ1) is 10.6. The topological polar surface area (TPSA) is 46.5 Å². The van der Waals surface area contributed by atoms with Crippen molar-refractivity contribution in [2.45, 2.75) is 33.3 Å². The summed E-state index contributed by atoms with van der Waals surface area (Å²) >= 11 is 0. The van der Waals surface area contributed by atoms with Gasteiger partial charge in [0.25, 0.3) is 0 Å². The van der Waals surface area contributed by atoms with Crippen LogP contribution in [0.1, 0.15) is 27.2 Å². The average Bonchev–Trinajstić information content (AvgIpc) is 2.47. The fourth-order valence-corrected chi connectivity index (χ4v) is 1.24. The average molecular weight is 298 g/mol. The molecule has 0 heterocycles. The number of esters is 1. The summed E-state index contributed by atoms with van der Waals surface area (Å²) in [5, 5.41) is 8.48. The molecule has 0 spiro atoms. The summed E-state index contributed by atoms with van der Waals surface area (Å²) < 4.78 is 5.27. The third-order valence-corrected chi connectivity index (χ3v) is 2.21. The Morgan fingerprint density at radius 2 is 1.86 bits per heavy atom. The Morgan fingerprint density at radius 1 is 1.18 bits per heavy atom. The molecule has 0 saturated heterocycles. The molecule has 1 atom stereocenters. The van der Waals surface area contributed by atoms with E-state index in [-0.39, 0.29) is 18.7 Å². The molecule has 0 aromatic rings. The molecule has 22 heavy (non-hydrogen) atoms.